The van der Waals surface area contributed by atoms with Crippen LogP contribution in [-0.4, -0.2) is 40.5 Å². The van der Waals surface area contributed by atoms with E-state index < -0.39 is 11.6 Å². The molecule has 7 heteroatoms. The van der Waals surface area contributed by atoms with Crippen LogP contribution in [0.2, 0.25) is 0 Å². The lowest BCUT2D eigenvalue weighted by molar-refractivity contribution is -0.126. The number of carbonyl (C=O) groups is 2. The Balaban J connectivity index is 1.66. The number of nitrogens with zero attached hydrogens (tertiary/aromatic N) is 2. The summed E-state index contributed by atoms with van der Waals surface area (Å²) in [5.41, 5.74) is -0.819. The molecule has 3 heterocycles. The second-order valence-corrected chi connectivity index (χ2v) is 6.26. The van der Waals surface area contributed by atoms with Crippen molar-refractivity contribution in [3.63, 3.8) is 0 Å². The summed E-state index contributed by atoms with van der Waals surface area (Å²) in [5, 5.41) is 5.12. The maximum absolute atomic E-state index is 12.1. The molecule has 0 aliphatic carbocycles. The van der Waals surface area contributed by atoms with Gasteiger partial charge in [-0.05, 0) is 26.3 Å². The number of imide groups is 1. The molecule has 2 aliphatic rings. The number of urea groups is 1. The summed E-state index contributed by atoms with van der Waals surface area (Å²) >= 11 is 0. The highest BCUT2D eigenvalue weighted by molar-refractivity contribution is 6.06. The van der Waals surface area contributed by atoms with Crippen molar-refractivity contribution in [2.24, 2.45) is 5.92 Å². The van der Waals surface area contributed by atoms with E-state index in [0.717, 1.165) is 38.1 Å². The molecule has 0 radical (unpaired) electrons. The van der Waals surface area contributed by atoms with Crippen LogP contribution < -0.4 is 10.6 Å². The third-order valence-corrected chi connectivity index (χ3v) is 4.70. The Morgan fingerprint density at radius 3 is 2.95 bits per heavy atom. The Bertz CT molecular complexity index is 585. The maximum atomic E-state index is 12.1. The number of hydrogen-bond acceptors (Lipinski definition) is 5. The van der Waals surface area contributed by atoms with Crippen molar-refractivity contribution in [1.29, 1.82) is 0 Å². The van der Waals surface area contributed by atoms with E-state index in [4.69, 9.17) is 4.42 Å². The van der Waals surface area contributed by atoms with E-state index in [1.165, 1.54) is 0 Å². The monoisotopic (exact) mass is 306 g/mol. The number of amides is 3. The van der Waals surface area contributed by atoms with Gasteiger partial charge in [0.1, 0.15) is 11.3 Å². The molecule has 0 saturated carbocycles. The smallest absolute Gasteiger partial charge is 0.322 e. The molecule has 2 atom stereocenters. The lowest BCUT2D eigenvalue weighted by Crippen LogP contribution is -2.55. The van der Waals surface area contributed by atoms with E-state index in [1.807, 2.05) is 13.8 Å². The summed E-state index contributed by atoms with van der Waals surface area (Å²) < 4.78 is 5.66. The molecule has 2 N–H and O–H groups in total. The van der Waals surface area contributed by atoms with E-state index in [2.05, 4.69) is 20.5 Å². The van der Waals surface area contributed by atoms with Crippen LogP contribution in [-0.2, 0) is 17.8 Å². The number of aromatic nitrogens is 1. The Labute approximate surface area is 129 Å². The van der Waals surface area contributed by atoms with Crippen LogP contribution >= 0.6 is 0 Å². The standard InChI is InChI=1S/C15H22N4O3/c1-3-11-7-16-12(22-11)9-19-6-4-5-10(8-19)15(2)13(20)17-14(21)18-15/h7,10H,3-6,8-9H2,1-2H3,(H2,17,18,20,21)/t10-,15-/m0/s1. The Morgan fingerprint density at radius 1 is 1.50 bits per heavy atom. The van der Waals surface area contributed by atoms with Crippen molar-refractivity contribution >= 4 is 11.9 Å². The van der Waals surface area contributed by atoms with Crippen molar-refractivity contribution in [3.05, 3.63) is 17.8 Å². The van der Waals surface area contributed by atoms with Gasteiger partial charge < -0.3 is 9.73 Å². The van der Waals surface area contributed by atoms with Gasteiger partial charge >= 0.3 is 6.03 Å². The maximum Gasteiger partial charge on any atom is 0.322 e. The van der Waals surface area contributed by atoms with E-state index in [1.54, 1.807) is 6.20 Å². The van der Waals surface area contributed by atoms with Crippen LogP contribution in [0.1, 0.15) is 38.3 Å². The van der Waals surface area contributed by atoms with Crippen molar-refractivity contribution in [1.82, 2.24) is 20.5 Å². The van der Waals surface area contributed by atoms with Gasteiger partial charge in [-0.3, -0.25) is 15.0 Å². The first-order valence-corrected chi connectivity index (χ1v) is 7.81. The highest BCUT2D eigenvalue weighted by atomic mass is 16.4. The highest BCUT2D eigenvalue weighted by Crippen LogP contribution is 2.30. The largest absolute Gasteiger partial charge is 0.444 e. The number of rotatable bonds is 4. The van der Waals surface area contributed by atoms with Crippen molar-refractivity contribution in [2.75, 3.05) is 13.1 Å². The number of aryl methyl sites for hydroxylation is 1. The van der Waals surface area contributed by atoms with Gasteiger partial charge in [-0.1, -0.05) is 6.92 Å². The number of oxazole rings is 1. The molecule has 0 aromatic carbocycles. The Morgan fingerprint density at radius 2 is 2.32 bits per heavy atom. The van der Waals surface area contributed by atoms with Crippen LogP contribution in [0.5, 0.6) is 0 Å². The lowest BCUT2D eigenvalue weighted by atomic mass is 9.80. The molecular formula is C15H22N4O3. The van der Waals surface area contributed by atoms with Gasteiger partial charge in [0.25, 0.3) is 5.91 Å². The van der Waals surface area contributed by atoms with Crippen LogP contribution in [0, 0.1) is 5.92 Å². The van der Waals surface area contributed by atoms with E-state index in [9.17, 15) is 9.59 Å². The number of hydrogen-bond donors (Lipinski definition) is 2. The molecule has 1 aromatic rings. The summed E-state index contributed by atoms with van der Waals surface area (Å²) in [4.78, 5) is 30.0. The SMILES string of the molecule is CCc1cnc(CN2CCC[C@H]([C@]3(C)NC(=O)NC3=O)C2)o1. The molecular weight excluding hydrogens is 284 g/mol. The quantitative estimate of drug-likeness (QED) is 0.812. The molecule has 0 unspecified atom stereocenters. The van der Waals surface area contributed by atoms with E-state index in [0.29, 0.717) is 12.4 Å². The van der Waals surface area contributed by atoms with E-state index >= 15 is 0 Å². The summed E-state index contributed by atoms with van der Waals surface area (Å²) in [5.74, 6) is 1.46. The molecule has 120 valence electrons. The third kappa shape index (κ3) is 2.72. The second kappa shape index (κ2) is 5.72. The number of carbonyl (C=O) groups excluding carboxylic acids is 2. The fraction of sp³-hybridized carbons (Fsp3) is 0.667. The molecule has 0 bridgehead atoms. The lowest BCUT2D eigenvalue weighted by Gasteiger charge is -2.39. The average Bonchev–Trinajstić information content (AvgIpc) is 3.04. The summed E-state index contributed by atoms with van der Waals surface area (Å²) in [6, 6.07) is -0.398. The van der Waals surface area contributed by atoms with Gasteiger partial charge in [0.05, 0.1) is 12.7 Å². The van der Waals surface area contributed by atoms with Gasteiger partial charge in [-0.15, -0.1) is 0 Å². The molecule has 2 fully saturated rings. The first-order chi connectivity index (χ1) is 10.5. The molecule has 2 saturated heterocycles. The van der Waals surface area contributed by atoms with Gasteiger partial charge in [0.2, 0.25) is 5.89 Å². The van der Waals surface area contributed by atoms with Gasteiger partial charge in [0.15, 0.2) is 0 Å². The minimum atomic E-state index is -0.819. The molecule has 3 rings (SSSR count). The van der Waals surface area contributed by atoms with Crippen LogP contribution in [0.4, 0.5) is 4.79 Å². The van der Waals surface area contributed by atoms with Gasteiger partial charge in [-0.2, -0.15) is 0 Å². The Hall–Kier alpha value is -1.89. The average molecular weight is 306 g/mol. The van der Waals surface area contributed by atoms with Crippen molar-refractivity contribution in [3.8, 4) is 0 Å². The molecule has 1 aromatic heterocycles. The minimum absolute atomic E-state index is 0.0910. The number of piperidine rings is 1. The highest BCUT2D eigenvalue weighted by Gasteiger charge is 2.48. The van der Waals surface area contributed by atoms with Crippen LogP contribution in [0.15, 0.2) is 10.6 Å². The first-order valence-electron chi connectivity index (χ1n) is 7.81. The van der Waals surface area contributed by atoms with Gasteiger partial charge in [-0.25, -0.2) is 9.78 Å². The summed E-state index contributed by atoms with van der Waals surface area (Å²) in [6.07, 6.45) is 4.51. The zero-order valence-corrected chi connectivity index (χ0v) is 13.0. The predicted molar refractivity (Wildman–Crippen MR) is 79.0 cm³/mol. The fourth-order valence-electron chi connectivity index (χ4n) is 3.29. The number of nitrogens with one attached hydrogen (secondary N) is 2. The minimum Gasteiger partial charge on any atom is -0.444 e. The molecule has 7 nitrogen and oxygen atoms in total. The van der Waals surface area contributed by atoms with Crippen LogP contribution in [0.25, 0.3) is 0 Å². The van der Waals surface area contributed by atoms with Crippen molar-refractivity contribution in [2.45, 2.75) is 45.2 Å². The normalized spacial score (nSPS) is 29.5. The van der Waals surface area contributed by atoms with Gasteiger partial charge in [0, 0.05) is 18.9 Å². The Kier molecular flexibility index (Phi) is 3.90. The zero-order chi connectivity index (χ0) is 15.7. The first kappa shape index (κ1) is 15.0. The summed E-state index contributed by atoms with van der Waals surface area (Å²) in [6.45, 7) is 6.17. The third-order valence-electron chi connectivity index (χ3n) is 4.70. The number of likely N-dealkylation sites (tertiary alicyclic amines) is 1. The summed E-state index contributed by atoms with van der Waals surface area (Å²) in [7, 11) is 0. The molecule has 0 spiro atoms. The zero-order valence-electron chi connectivity index (χ0n) is 13.0. The molecule has 22 heavy (non-hydrogen) atoms. The fourth-order valence-corrected chi connectivity index (χ4v) is 3.29. The van der Waals surface area contributed by atoms with E-state index in [-0.39, 0.29) is 11.8 Å². The molecule has 2 aliphatic heterocycles. The van der Waals surface area contributed by atoms with Crippen molar-refractivity contribution < 1.29 is 14.0 Å². The topological polar surface area (TPSA) is 87.5 Å². The van der Waals surface area contributed by atoms with Crippen LogP contribution in [0.3, 0.4) is 0 Å². The molecule has 3 amide bonds. The predicted octanol–water partition coefficient (Wildman–Crippen LogP) is 1.05. The second-order valence-electron chi connectivity index (χ2n) is 6.26.